The van der Waals surface area contributed by atoms with Crippen LogP contribution < -0.4 is 10.1 Å². The summed E-state index contributed by atoms with van der Waals surface area (Å²) in [5.41, 5.74) is 6.65. The summed E-state index contributed by atoms with van der Waals surface area (Å²) in [6, 6.07) is 16.6. The Bertz CT molecular complexity index is 1360. The standard InChI is InChI=1S/C27H26N6O/c1-18-28-17-33(32-18)24-14-11-20-16-25(24)34-15-7-3-6-10-23-22-13-12-21(19-8-4-2-5-9-19)26(22)31-27(29-20)30-23/h2-5,7-9,11,14,16-17,21H,6,10,12-13,15H2,1H3,(H,29,30,31)/b7-3-. The van der Waals surface area contributed by atoms with Crippen molar-refractivity contribution in [1.82, 2.24) is 24.7 Å². The number of hydrogen-bond donors (Lipinski definition) is 1. The van der Waals surface area contributed by atoms with E-state index in [1.807, 2.05) is 25.1 Å². The topological polar surface area (TPSA) is 77.8 Å². The fourth-order valence-corrected chi connectivity index (χ4v) is 4.84. The summed E-state index contributed by atoms with van der Waals surface area (Å²) in [6.45, 7) is 2.36. The van der Waals surface area contributed by atoms with Gasteiger partial charge in [0, 0.05) is 23.4 Å². The minimum absolute atomic E-state index is 0.307. The molecule has 4 bridgehead atoms. The van der Waals surface area contributed by atoms with Crippen molar-refractivity contribution in [3.05, 3.63) is 95.3 Å². The van der Waals surface area contributed by atoms with Gasteiger partial charge in [-0.3, -0.25) is 0 Å². The Morgan fingerprint density at radius 2 is 1.94 bits per heavy atom. The second-order valence-corrected chi connectivity index (χ2v) is 8.72. The molecule has 0 saturated heterocycles. The lowest BCUT2D eigenvalue weighted by molar-refractivity contribution is 0.360. The number of aromatic nitrogens is 5. The normalized spacial score (nSPS) is 18.0. The van der Waals surface area contributed by atoms with Crippen LogP contribution in [0.5, 0.6) is 5.75 Å². The third-order valence-electron chi connectivity index (χ3n) is 6.46. The Morgan fingerprint density at radius 1 is 1.03 bits per heavy atom. The smallest absolute Gasteiger partial charge is 0.227 e. The van der Waals surface area contributed by atoms with Gasteiger partial charge < -0.3 is 10.1 Å². The monoisotopic (exact) mass is 450 g/mol. The average molecular weight is 451 g/mol. The molecule has 0 fully saturated rings. The molecule has 1 aliphatic heterocycles. The van der Waals surface area contributed by atoms with Gasteiger partial charge in [0.2, 0.25) is 5.95 Å². The van der Waals surface area contributed by atoms with Crippen LogP contribution in [0.4, 0.5) is 11.6 Å². The summed E-state index contributed by atoms with van der Waals surface area (Å²) < 4.78 is 7.85. The number of fused-ring (bicyclic) bond motifs is 6. The fraction of sp³-hybridized carbons (Fsp3) is 0.259. The zero-order valence-electron chi connectivity index (χ0n) is 19.1. The predicted molar refractivity (Wildman–Crippen MR) is 131 cm³/mol. The Kier molecular flexibility index (Phi) is 5.30. The first kappa shape index (κ1) is 20.6. The molecule has 0 amide bonds. The first-order valence-electron chi connectivity index (χ1n) is 11.8. The van der Waals surface area contributed by atoms with E-state index in [0.717, 1.165) is 54.2 Å². The molecule has 1 N–H and O–H groups in total. The Labute approximate surface area is 198 Å². The Morgan fingerprint density at radius 3 is 2.79 bits per heavy atom. The molecule has 7 heteroatoms. The van der Waals surface area contributed by atoms with Crippen molar-refractivity contribution in [2.75, 3.05) is 11.9 Å². The molecule has 1 aliphatic carbocycles. The zero-order chi connectivity index (χ0) is 22.9. The third-order valence-corrected chi connectivity index (χ3v) is 6.46. The lowest BCUT2D eigenvalue weighted by Crippen LogP contribution is -2.08. The van der Waals surface area contributed by atoms with E-state index in [2.05, 4.69) is 57.9 Å². The number of rotatable bonds is 2. The molecule has 34 heavy (non-hydrogen) atoms. The van der Waals surface area contributed by atoms with Gasteiger partial charge in [0.05, 0.1) is 5.69 Å². The maximum atomic E-state index is 6.11. The van der Waals surface area contributed by atoms with Crippen molar-refractivity contribution in [3.63, 3.8) is 0 Å². The van der Waals surface area contributed by atoms with Gasteiger partial charge >= 0.3 is 0 Å². The van der Waals surface area contributed by atoms with Crippen LogP contribution >= 0.6 is 0 Å². The largest absolute Gasteiger partial charge is 0.487 e. The third kappa shape index (κ3) is 3.94. The summed E-state index contributed by atoms with van der Waals surface area (Å²) in [7, 11) is 0. The minimum Gasteiger partial charge on any atom is -0.487 e. The quantitative estimate of drug-likeness (QED) is 0.430. The molecule has 6 rings (SSSR count). The van der Waals surface area contributed by atoms with Gasteiger partial charge in [-0.25, -0.2) is 19.6 Å². The molecule has 2 aromatic heterocycles. The van der Waals surface area contributed by atoms with E-state index in [1.54, 1.807) is 11.0 Å². The summed E-state index contributed by atoms with van der Waals surface area (Å²) in [6.07, 6.45) is 9.84. The van der Waals surface area contributed by atoms with E-state index in [9.17, 15) is 0 Å². The maximum Gasteiger partial charge on any atom is 0.227 e. The number of aryl methyl sites for hydroxylation is 2. The van der Waals surface area contributed by atoms with Crippen molar-refractivity contribution in [2.45, 2.75) is 38.5 Å². The van der Waals surface area contributed by atoms with Crippen LogP contribution in [0.2, 0.25) is 0 Å². The minimum atomic E-state index is 0.307. The molecule has 7 nitrogen and oxygen atoms in total. The molecular weight excluding hydrogens is 424 g/mol. The van der Waals surface area contributed by atoms with E-state index >= 15 is 0 Å². The van der Waals surface area contributed by atoms with Crippen molar-refractivity contribution in [1.29, 1.82) is 0 Å². The van der Waals surface area contributed by atoms with Crippen LogP contribution in [0.25, 0.3) is 5.69 Å². The number of allylic oxidation sites excluding steroid dienone is 1. The second kappa shape index (κ2) is 8.74. The van der Waals surface area contributed by atoms with Gasteiger partial charge in [-0.15, -0.1) is 0 Å². The summed E-state index contributed by atoms with van der Waals surface area (Å²) in [5.74, 6) is 2.38. The Balaban J connectivity index is 1.41. The molecular formula is C27H26N6O. The van der Waals surface area contributed by atoms with Gasteiger partial charge in [0.25, 0.3) is 0 Å². The van der Waals surface area contributed by atoms with Crippen LogP contribution in [-0.2, 0) is 12.8 Å². The van der Waals surface area contributed by atoms with Crippen LogP contribution in [0, 0.1) is 6.92 Å². The first-order valence-corrected chi connectivity index (χ1v) is 11.8. The lowest BCUT2D eigenvalue weighted by Gasteiger charge is -2.16. The summed E-state index contributed by atoms with van der Waals surface area (Å²) in [4.78, 5) is 14.2. The van der Waals surface area contributed by atoms with Crippen molar-refractivity contribution in [3.8, 4) is 11.4 Å². The maximum absolute atomic E-state index is 6.11. The van der Waals surface area contributed by atoms with E-state index in [4.69, 9.17) is 14.7 Å². The lowest BCUT2D eigenvalue weighted by atomic mass is 9.96. The molecule has 1 atom stereocenters. The van der Waals surface area contributed by atoms with E-state index in [0.29, 0.717) is 24.3 Å². The second-order valence-electron chi connectivity index (χ2n) is 8.72. The van der Waals surface area contributed by atoms with E-state index in [-0.39, 0.29) is 0 Å². The molecule has 0 spiro atoms. The van der Waals surface area contributed by atoms with Gasteiger partial charge in [0.1, 0.15) is 30.2 Å². The number of benzene rings is 2. The van der Waals surface area contributed by atoms with Crippen LogP contribution in [-0.4, -0.2) is 31.3 Å². The van der Waals surface area contributed by atoms with Gasteiger partial charge in [-0.1, -0.05) is 42.5 Å². The highest BCUT2D eigenvalue weighted by molar-refractivity contribution is 5.62. The predicted octanol–water partition coefficient (Wildman–Crippen LogP) is 5.07. The molecule has 1 unspecified atom stereocenters. The van der Waals surface area contributed by atoms with E-state index in [1.165, 1.54) is 11.1 Å². The van der Waals surface area contributed by atoms with Crippen LogP contribution in [0.1, 0.15) is 47.1 Å². The number of hydrogen-bond acceptors (Lipinski definition) is 6. The molecule has 2 aromatic carbocycles. The SMILES string of the molecule is Cc1ncn(-c2ccc3cc2OC/C=C\CCc2nc(nc4c2CCC4c2ccccc2)N3)n1. The average Bonchev–Trinajstić information content (AvgIpc) is 3.48. The van der Waals surface area contributed by atoms with Gasteiger partial charge in [-0.05, 0) is 55.9 Å². The first-order chi connectivity index (χ1) is 16.7. The number of nitrogens with one attached hydrogen (secondary N) is 1. The van der Waals surface area contributed by atoms with Crippen LogP contribution in [0.15, 0.2) is 67.0 Å². The molecule has 170 valence electrons. The summed E-state index contributed by atoms with van der Waals surface area (Å²) in [5, 5.41) is 7.89. The fourth-order valence-electron chi connectivity index (χ4n) is 4.84. The zero-order valence-corrected chi connectivity index (χ0v) is 19.1. The van der Waals surface area contributed by atoms with Crippen molar-refractivity contribution in [2.24, 2.45) is 0 Å². The molecule has 0 saturated carbocycles. The summed E-state index contributed by atoms with van der Waals surface area (Å²) >= 11 is 0. The van der Waals surface area contributed by atoms with Gasteiger partial charge in [-0.2, -0.15) is 5.10 Å². The van der Waals surface area contributed by atoms with E-state index < -0.39 is 0 Å². The number of anilines is 2. The Hall–Kier alpha value is -4.00. The van der Waals surface area contributed by atoms with Crippen molar-refractivity contribution >= 4 is 11.6 Å². The molecule has 0 radical (unpaired) electrons. The highest BCUT2D eigenvalue weighted by Gasteiger charge is 2.29. The molecule has 2 aliphatic rings. The number of ether oxygens (including phenoxy) is 1. The van der Waals surface area contributed by atoms with Gasteiger partial charge in [0.15, 0.2) is 0 Å². The van der Waals surface area contributed by atoms with Crippen LogP contribution in [0.3, 0.4) is 0 Å². The molecule has 3 heterocycles. The molecule has 4 aromatic rings. The highest BCUT2D eigenvalue weighted by atomic mass is 16.5. The van der Waals surface area contributed by atoms with Crippen molar-refractivity contribution < 1.29 is 4.74 Å². The number of nitrogens with zero attached hydrogens (tertiary/aromatic N) is 5. The highest BCUT2D eigenvalue weighted by Crippen LogP contribution is 2.39.